The van der Waals surface area contributed by atoms with E-state index in [1.807, 2.05) is 0 Å². The van der Waals surface area contributed by atoms with E-state index in [1.54, 1.807) is 38.1 Å². The summed E-state index contributed by atoms with van der Waals surface area (Å²) in [4.78, 5) is 12.7. The number of alkyl halides is 2. The highest BCUT2D eigenvalue weighted by Crippen LogP contribution is 2.21. The molecule has 0 unspecified atom stereocenters. The van der Waals surface area contributed by atoms with Crippen LogP contribution in [-0.2, 0) is 25.8 Å². The van der Waals surface area contributed by atoms with Gasteiger partial charge in [0.25, 0.3) is 5.91 Å². The number of halogens is 2. The Kier molecular flexibility index (Phi) is 9.52. The molecule has 0 bridgehead atoms. The highest BCUT2D eigenvalue weighted by Gasteiger charge is 2.33. The molecule has 1 aromatic carbocycles. The fourth-order valence-electron chi connectivity index (χ4n) is 2.02. The summed E-state index contributed by atoms with van der Waals surface area (Å²) in [6.45, 7) is 3.83. The number of carbonyl (C=O) groups is 1. The molecule has 0 saturated carbocycles. The van der Waals surface area contributed by atoms with Gasteiger partial charge in [0.15, 0.2) is 14.7 Å². The van der Waals surface area contributed by atoms with Crippen LogP contribution in [0.1, 0.15) is 19.4 Å². The second kappa shape index (κ2) is 10.0. The van der Waals surface area contributed by atoms with Crippen molar-refractivity contribution in [3.05, 3.63) is 29.8 Å². The van der Waals surface area contributed by atoms with Crippen molar-refractivity contribution in [2.24, 2.45) is 0 Å². The van der Waals surface area contributed by atoms with Gasteiger partial charge >= 0.3 is 0 Å². The summed E-state index contributed by atoms with van der Waals surface area (Å²) >= 11 is 11.4. The molecule has 0 aliphatic heterocycles. The van der Waals surface area contributed by atoms with Gasteiger partial charge in [-0.25, -0.2) is 8.42 Å². The van der Waals surface area contributed by atoms with Crippen LogP contribution in [-0.4, -0.2) is 49.7 Å². The number of amides is 1. The third kappa shape index (κ3) is 7.25. The second-order valence-corrected chi connectivity index (χ2v) is 8.72. The zero-order valence-electron chi connectivity index (χ0n) is 14.7. The van der Waals surface area contributed by atoms with Gasteiger partial charge in [-0.05, 0) is 38.0 Å². The molecular weight excluding hydrogens is 385 g/mol. The summed E-state index contributed by atoms with van der Waals surface area (Å²) in [5, 5.41) is 0. The number of methoxy groups -OCH3 is 1. The standard InChI is InChI=1S/C15H21Cl2NO4S.C2H2/c1-15(2,22-3)18(14(19)13(16)17)10-9-11-5-7-12(8-6-11)23(4,20)21;1-2/h5-8,13H,9-10H2,1-4H3;1-2H. The summed E-state index contributed by atoms with van der Waals surface area (Å²) in [7, 11) is -1.72. The number of carbonyl (C=O) groups excluding carboxylic acids is 1. The van der Waals surface area contributed by atoms with Crippen LogP contribution in [0.3, 0.4) is 0 Å². The molecule has 0 saturated heterocycles. The molecule has 1 aromatic rings. The summed E-state index contributed by atoms with van der Waals surface area (Å²) < 4.78 is 28.2. The minimum Gasteiger partial charge on any atom is -0.359 e. The first-order valence-corrected chi connectivity index (χ1v) is 10.0. The largest absolute Gasteiger partial charge is 0.359 e. The Bertz CT molecular complexity index is 682. The van der Waals surface area contributed by atoms with E-state index in [2.05, 4.69) is 12.8 Å². The van der Waals surface area contributed by atoms with Crippen molar-refractivity contribution in [1.82, 2.24) is 4.90 Å². The third-order valence-electron chi connectivity index (χ3n) is 3.58. The maximum Gasteiger partial charge on any atom is 0.258 e. The fourth-order valence-corrected chi connectivity index (χ4v) is 2.88. The van der Waals surface area contributed by atoms with Gasteiger partial charge in [-0.15, -0.1) is 12.8 Å². The molecule has 8 heteroatoms. The summed E-state index contributed by atoms with van der Waals surface area (Å²) in [5.41, 5.74) is 0.0361. The van der Waals surface area contributed by atoms with Gasteiger partial charge in [-0.3, -0.25) is 4.79 Å². The molecule has 0 atom stereocenters. The molecule has 0 radical (unpaired) electrons. The maximum absolute atomic E-state index is 12.2. The number of hydrogen-bond donors (Lipinski definition) is 0. The van der Waals surface area contributed by atoms with Crippen LogP contribution >= 0.6 is 23.2 Å². The van der Waals surface area contributed by atoms with Crippen molar-refractivity contribution < 1.29 is 17.9 Å². The quantitative estimate of drug-likeness (QED) is 0.396. The molecule has 0 spiro atoms. The molecule has 0 aromatic heterocycles. The molecule has 0 aliphatic carbocycles. The lowest BCUT2D eigenvalue weighted by atomic mass is 10.1. The van der Waals surface area contributed by atoms with Crippen molar-refractivity contribution in [3.63, 3.8) is 0 Å². The van der Waals surface area contributed by atoms with E-state index < -0.39 is 26.3 Å². The van der Waals surface area contributed by atoms with Crippen molar-refractivity contribution in [1.29, 1.82) is 0 Å². The van der Waals surface area contributed by atoms with Crippen LogP contribution in [0.25, 0.3) is 0 Å². The van der Waals surface area contributed by atoms with Gasteiger partial charge in [0, 0.05) is 19.9 Å². The molecule has 25 heavy (non-hydrogen) atoms. The summed E-state index contributed by atoms with van der Waals surface area (Å²) in [6, 6.07) is 6.53. The van der Waals surface area contributed by atoms with Gasteiger partial charge in [0.05, 0.1) is 4.90 Å². The number of rotatable bonds is 7. The molecule has 0 fully saturated rings. The van der Waals surface area contributed by atoms with E-state index in [4.69, 9.17) is 27.9 Å². The average molecular weight is 408 g/mol. The molecule has 140 valence electrons. The minimum absolute atomic E-state index is 0.257. The van der Waals surface area contributed by atoms with Gasteiger partial charge in [-0.2, -0.15) is 0 Å². The van der Waals surface area contributed by atoms with Crippen molar-refractivity contribution in [2.75, 3.05) is 19.9 Å². The Morgan fingerprint density at radius 3 is 2.08 bits per heavy atom. The first kappa shape index (κ1) is 23.7. The predicted molar refractivity (Wildman–Crippen MR) is 101 cm³/mol. The lowest BCUT2D eigenvalue weighted by molar-refractivity contribution is -0.157. The number of sulfone groups is 1. The van der Waals surface area contributed by atoms with Gasteiger partial charge in [0.2, 0.25) is 0 Å². The number of hydrogen-bond acceptors (Lipinski definition) is 4. The fraction of sp³-hybridized carbons (Fsp3) is 0.471. The molecule has 1 rings (SSSR count). The first-order chi connectivity index (χ1) is 11.5. The molecular formula is C17H23Cl2NO4S. The van der Waals surface area contributed by atoms with E-state index in [9.17, 15) is 13.2 Å². The average Bonchev–Trinajstić information content (AvgIpc) is 2.56. The zero-order chi connectivity index (χ0) is 19.8. The Morgan fingerprint density at radius 2 is 1.72 bits per heavy atom. The first-order valence-electron chi connectivity index (χ1n) is 7.26. The van der Waals surface area contributed by atoms with Gasteiger partial charge < -0.3 is 9.64 Å². The Morgan fingerprint density at radius 1 is 1.24 bits per heavy atom. The molecule has 5 nitrogen and oxygen atoms in total. The van der Waals surface area contributed by atoms with E-state index in [-0.39, 0.29) is 4.90 Å². The minimum atomic E-state index is -3.22. The Labute approximate surface area is 160 Å². The van der Waals surface area contributed by atoms with Crippen LogP contribution in [0.4, 0.5) is 0 Å². The van der Waals surface area contributed by atoms with E-state index >= 15 is 0 Å². The van der Waals surface area contributed by atoms with Crippen LogP contribution in [0.5, 0.6) is 0 Å². The van der Waals surface area contributed by atoms with Crippen molar-refractivity contribution >= 4 is 38.9 Å². The Hall–Kier alpha value is -1.26. The van der Waals surface area contributed by atoms with Gasteiger partial charge in [-0.1, -0.05) is 35.3 Å². The summed E-state index contributed by atoms with van der Waals surface area (Å²) in [6.07, 6.45) is 9.67. The molecule has 0 heterocycles. The van der Waals surface area contributed by atoms with Crippen LogP contribution < -0.4 is 0 Å². The van der Waals surface area contributed by atoms with Crippen LogP contribution in [0.2, 0.25) is 0 Å². The number of benzene rings is 1. The SMILES string of the molecule is C#C.COC(C)(C)N(CCc1ccc(S(C)(=O)=O)cc1)C(=O)C(Cl)Cl. The zero-order valence-corrected chi connectivity index (χ0v) is 17.0. The topological polar surface area (TPSA) is 63.7 Å². The highest BCUT2D eigenvalue weighted by molar-refractivity contribution is 7.90. The summed E-state index contributed by atoms with van der Waals surface area (Å²) in [5.74, 6) is -0.437. The normalized spacial score (nSPS) is 11.6. The molecule has 1 amide bonds. The molecule has 0 aliphatic rings. The lowest BCUT2D eigenvalue weighted by Crippen LogP contribution is -2.51. The maximum atomic E-state index is 12.2. The number of nitrogens with zero attached hydrogens (tertiary/aromatic N) is 1. The van der Waals surface area contributed by atoms with E-state index in [0.29, 0.717) is 13.0 Å². The monoisotopic (exact) mass is 407 g/mol. The molecule has 0 N–H and O–H groups in total. The van der Waals surface area contributed by atoms with E-state index in [1.165, 1.54) is 12.0 Å². The highest BCUT2D eigenvalue weighted by atomic mass is 35.5. The third-order valence-corrected chi connectivity index (χ3v) is 5.08. The number of ether oxygens (including phenoxy) is 1. The smallest absolute Gasteiger partial charge is 0.258 e. The van der Waals surface area contributed by atoms with Crippen LogP contribution in [0.15, 0.2) is 29.2 Å². The van der Waals surface area contributed by atoms with Crippen LogP contribution in [0, 0.1) is 12.8 Å². The van der Waals surface area contributed by atoms with Crippen molar-refractivity contribution in [3.8, 4) is 12.8 Å². The van der Waals surface area contributed by atoms with E-state index in [0.717, 1.165) is 11.8 Å². The second-order valence-electron chi connectivity index (χ2n) is 5.61. The van der Waals surface area contributed by atoms with Crippen molar-refractivity contribution in [2.45, 2.75) is 35.7 Å². The Balaban J connectivity index is 0.00000277. The predicted octanol–water partition coefficient (Wildman–Crippen LogP) is 2.90. The van der Waals surface area contributed by atoms with Gasteiger partial charge in [0.1, 0.15) is 5.72 Å². The number of terminal acetylenes is 1. The lowest BCUT2D eigenvalue weighted by Gasteiger charge is -2.37.